The number of hydrogen-bond donors (Lipinski definition) is 0. The van der Waals surface area contributed by atoms with Crippen LogP contribution in [0.2, 0.25) is 0 Å². The van der Waals surface area contributed by atoms with Crippen LogP contribution in [-0.2, 0) is 0 Å². The number of nitro benzene ring substituents is 1. The normalized spacial score (nSPS) is 18.4. The molecule has 0 spiro atoms. The number of nitro groups is 1. The van der Waals surface area contributed by atoms with Crippen LogP contribution in [0.4, 0.5) is 5.69 Å². The number of nitrogens with zero attached hydrogens (tertiary/aromatic N) is 3. The number of benzene rings is 1. The molecule has 1 aromatic rings. The lowest BCUT2D eigenvalue weighted by Crippen LogP contribution is -2.43. The highest BCUT2D eigenvalue weighted by Crippen LogP contribution is 2.25. The van der Waals surface area contributed by atoms with Crippen LogP contribution in [0.25, 0.3) is 0 Å². The standard InChI is InChI=1S/C14H15N3O3/c1-10-12(6-4-7-13(10)17(19)20)14(18)16-8-3-2-5-11(16)9-15/h4,6-7,11H,2-3,5,8H2,1H3. The molecule has 1 saturated heterocycles. The Kier molecular flexibility index (Phi) is 3.99. The van der Waals surface area contributed by atoms with Crippen molar-refractivity contribution in [2.45, 2.75) is 32.2 Å². The van der Waals surface area contributed by atoms with Gasteiger partial charge in [0.1, 0.15) is 6.04 Å². The van der Waals surface area contributed by atoms with Crippen molar-refractivity contribution < 1.29 is 9.72 Å². The zero-order valence-corrected chi connectivity index (χ0v) is 11.2. The number of nitriles is 1. The lowest BCUT2D eigenvalue weighted by Gasteiger charge is -2.31. The summed E-state index contributed by atoms with van der Waals surface area (Å²) in [5.74, 6) is -0.294. The first kappa shape index (κ1) is 14.0. The van der Waals surface area contributed by atoms with Gasteiger partial charge in [-0.1, -0.05) is 6.07 Å². The Morgan fingerprint density at radius 2 is 2.25 bits per heavy atom. The number of carbonyl (C=O) groups excluding carboxylic acids is 1. The Hall–Kier alpha value is -2.42. The molecule has 1 atom stereocenters. The van der Waals surface area contributed by atoms with E-state index in [1.165, 1.54) is 17.0 Å². The summed E-state index contributed by atoms with van der Waals surface area (Å²) < 4.78 is 0. The van der Waals surface area contributed by atoms with Crippen molar-refractivity contribution in [3.63, 3.8) is 0 Å². The highest BCUT2D eigenvalue weighted by Gasteiger charge is 2.29. The summed E-state index contributed by atoms with van der Waals surface area (Å²) in [6.07, 6.45) is 2.45. The minimum Gasteiger partial charge on any atom is -0.323 e. The van der Waals surface area contributed by atoms with E-state index in [0.29, 0.717) is 24.1 Å². The molecular formula is C14H15N3O3. The summed E-state index contributed by atoms with van der Waals surface area (Å²) in [7, 11) is 0. The third-order valence-corrected chi connectivity index (χ3v) is 3.64. The lowest BCUT2D eigenvalue weighted by atomic mass is 10.00. The van der Waals surface area contributed by atoms with Gasteiger partial charge in [-0.15, -0.1) is 0 Å². The fourth-order valence-corrected chi connectivity index (χ4v) is 2.52. The molecule has 0 aliphatic carbocycles. The van der Waals surface area contributed by atoms with E-state index >= 15 is 0 Å². The van der Waals surface area contributed by atoms with Crippen molar-refractivity contribution in [2.24, 2.45) is 0 Å². The Bertz CT molecular complexity index is 592. The molecule has 1 aromatic carbocycles. The quantitative estimate of drug-likeness (QED) is 0.611. The Morgan fingerprint density at radius 3 is 2.90 bits per heavy atom. The van der Waals surface area contributed by atoms with Gasteiger partial charge in [-0.05, 0) is 32.3 Å². The van der Waals surface area contributed by atoms with Gasteiger partial charge in [0.15, 0.2) is 0 Å². The Balaban J connectivity index is 2.36. The Labute approximate surface area is 116 Å². The average Bonchev–Trinajstić information content (AvgIpc) is 2.46. The molecule has 1 aliphatic rings. The van der Waals surface area contributed by atoms with Crippen LogP contribution in [0.1, 0.15) is 35.2 Å². The zero-order valence-electron chi connectivity index (χ0n) is 11.2. The molecule has 1 aliphatic heterocycles. The average molecular weight is 273 g/mol. The van der Waals surface area contributed by atoms with Gasteiger partial charge < -0.3 is 4.90 Å². The molecule has 0 aromatic heterocycles. The topological polar surface area (TPSA) is 87.2 Å². The summed E-state index contributed by atoms with van der Waals surface area (Å²) >= 11 is 0. The van der Waals surface area contributed by atoms with Crippen molar-refractivity contribution in [1.82, 2.24) is 4.90 Å². The van der Waals surface area contributed by atoms with E-state index in [4.69, 9.17) is 5.26 Å². The van der Waals surface area contributed by atoms with E-state index in [9.17, 15) is 14.9 Å². The van der Waals surface area contributed by atoms with Crippen LogP contribution < -0.4 is 0 Å². The van der Waals surface area contributed by atoms with Gasteiger partial charge in [-0.3, -0.25) is 14.9 Å². The van der Waals surface area contributed by atoms with Crippen LogP contribution in [0, 0.1) is 28.4 Å². The first-order valence-electron chi connectivity index (χ1n) is 6.51. The number of hydrogen-bond acceptors (Lipinski definition) is 4. The molecule has 0 saturated carbocycles. The summed E-state index contributed by atoms with van der Waals surface area (Å²) in [6, 6.07) is 6.16. The third kappa shape index (κ3) is 2.48. The van der Waals surface area contributed by atoms with Crippen molar-refractivity contribution in [3.05, 3.63) is 39.4 Å². The maximum absolute atomic E-state index is 12.5. The SMILES string of the molecule is Cc1c(C(=O)N2CCCCC2C#N)cccc1[N+](=O)[O-]. The second-order valence-electron chi connectivity index (χ2n) is 4.85. The summed E-state index contributed by atoms with van der Waals surface area (Å²) in [6.45, 7) is 2.09. The summed E-state index contributed by atoms with van der Waals surface area (Å²) in [4.78, 5) is 24.5. The molecular weight excluding hydrogens is 258 g/mol. The smallest absolute Gasteiger partial charge is 0.273 e. The number of carbonyl (C=O) groups is 1. The van der Waals surface area contributed by atoms with Gasteiger partial charge in [0.2, 0.25) is 0 Å². The number of amides is 1. The molecule has 6 nitrogen and oxygen atoms in total. The van der Waals surface area contributed by atoms with E-state index < -0.39 is 11.0 Å². The molecule has 1 unspecified atom stereocenters. The van der Waals surface area contributed by atoms with E-state index in [2.05, 4.69) is 6.07 Å². The predicted molar refractivity (Wildman–Crippen MR) is 72.1 cm³/mol. The van der Waals surface area contributed by atoms with Crippen molar-refractivity contribution in [2.75, 3.05) is 6.54 Å². The van der Waals surface area contributed by atoms with Gasteiger partial charge in [0, 0.05) is 23.7 Å². The van der Waals surface area contributed by atoms with Gasteiger partial charge in [-0.2, -0.15) is 5.26 Å². The molecule has 1 fully saturated rings. The highest BCUT2D eigenvalue weighted by molar-refractivity contribution is 5.97. The molecule has 0 radical (unpaired) electrons. The Morgan fingerprint density at radius 1 is 1.50 bits per heavy atom. The van der Waals surface area contributed by atoms with Gasteiger partial charge in [0.05, 0.1) is 11.0 Å². The molecule has 1 amide bonds. The fraction of sp³-hybridized carbons (Fsp3) is 0.429. The van der Waals surface area contributed by atoms with Crippen LogP contribution in [-0.4, -0.2) is 28.3 Å². The lowest BCUT2D eigenvalue weighted by molar-refractivity contribution is -0.385. The first-order valence-corrected chi connectivity index (χ1v) is 6.51. The van der Waals surface area contributed by atoms with Crippen LogP contribution in [0.15, 0.2) is 18.2 Å². The summed E-state index contributed by atoms with van der Waals surface area (Å²) in [5, 5.41) is 20.0. The van der Waals surface area contributed by atoms with Crippen molar-refractivity contribution >= 4 is 11.6 Å². The maximum Gasteiger partial charge on any atom is 0.273 e. The van der Waals surface area contributed by atoms with Crippen molar-refractivity contribution in [3.8, 4) is 6.07 Å². The highest BCUT2D eigenvalue weighted by atomic mass is 16.6. The molecule has 104 valence electrons. The van der Waals surface area contributed by atoms with E-state index in [-0.39, 0.29) is 11.6 Å². The van der Waals surface area contributed by atoms with Crippen molar-refractivity contribution in [1.29, 1.82) is 5.26 Å². The second kappa shape index (κ2) is 5.70. The predicted octanol–water partition coefficient (Wildman–Crippen LogP) is 2.42. The van der Waals surface area contributed by atoms with Gasteiger partial charge in [0.25, 0.3) is 11.6 Å². The fourth-order valence-electron chi connectivity index (χ4n) is 2.52. The molecule has 6 heteroatoms. The van der Waals surface area contributed by atoms with E-state index in [1.54, 1.807) is 13.0 Å². The minimum atomic E-state index is -0.496. The molecule has 20 heavy (non-hydrogen) atoms. The van der Waals surface area contributed by atoms with Gasteiger partial charge in [-0.25, -0.2) is 0 Å². The maximum atomic E-state index is 12.5. The molecule has 0 N–H and O–H groups in total. The summed E-state index contributed by atoms with van der Waals surface area (Å²) in [5.41, 5.74) is 0.590. The van der Waals surface area contributed by atoms with E-state index in [0.717, 1.165) is 12.8 Å². The van der Waals surface area contributed by atoms with Gasteiger partial charge >= 0.3 is 0 Å². The van der Waals surface area contributed by atoms with Crippen LogP contribution in [0.5, 0.6) is 0 Å². The minimum absolute atomic E-state index is 0.0682. The monoisotopic (exact) mass is 273 g/mol. The third-order valence-electron chi connectivity index (χ3n) is 3.64. The van der Waals surface area contributed by atoms with Crippen LogP contribution >= 0.6 is 0 Å². The van der Waals surface area contributed by atoms with Crippen LogP contribution in [0.3, 0.4) is 0 Å². The first-order chi connectivity index (χ1) is 9.56. The molecule has 0 bridgehead atoms. The zero-order chi connectivity index (χ0) is 14.7. The number of likely N-dealkylation sites (tertiary alicyclic amines) is 1. The molecule has 1 heterocycles. The largest absolute Gasteiger partial charge is 0.323 e. The number of rotatable bonds is 2. The second-order valence-corrected chi connectivity index (χ2v) is 4.85. The number of piperidine rings is 1. The van der Waals surface area contributed by atoms with E-state index in [1.807, 2.05) is 0 Å². The molecule has 2 rings (SSSR count).